The molecule has 15 heavy (non-hydrogen) atoms. The van der Waals surface area contributed by atoms with Crippen molar-refractivity contribution in [1.82, 2.24) is 0 Å². The Balaban J connectivity index is 3.26. The van der Waals surface area contributed by atoms with Crippen LogP contribution in [0.2, 0.25) is 10.0 Å². The van der Waals surface area contributed by atoms with Gasteiger partial charge in [-0.25, -0.2) is 8.78 Å². The second-order valence-corrected chi connectivity index (χ2v) is 3.63. The van der Waals surface area contributed by atoms with Crippen molar-refractivity contribution in [3.8, 4) is 5.75 Å². The maximum Gasteiger partial charge on any atom is 0.268 e. The highest BCUT2D eigenvalue weighted by molar-refractivity contribution is 6.35. The Morgan fingerprint density at radius 3 is 2.40 bits per heavy atom. The first-order chi connectivity index (χ1) is 6.97. The third-order valence-electron chi connectivity index (χ3n) is 1.80. The number of aliphatic hydroxyl groups excluding tert-OH is 1. The number of alkyl halides is 2. The van der Waals surface area contributed by atoms with Crippen molar-refractivity contribution in [2.45, 2.75) is 12.5 Å². The molecule has 6 heteroatoms. The first-order valence-corrected chi connectivity index (χ1v) is 4.72. The van der Waals surface area contributed by atoms with Gasteiger partial charge in [-0.05, 0) is 12.1 Å². The molecule has 84 valence electrons. The minimum atomic E-state index is -2.92. The lowest BCUT2D eigenvalue weighted by molar-refractivity contribution is -0.00697. The fourth-order valence-electron chi connectivity index (χ4n) is 1.15. The summed E-state index contributed by atoms with van der Waals surface area (Å²) in [5, 5.41) is 9.46. The standard InChI is InChI=1S/C9H8Cl2F2O2/c1-15-8-5(7(14)9(12)13)2-4(10)3-6(8)11/h2-3,7,9,14H,1H3. The van der Waals surface area contributed by atoms with Gasteiger partial charge in [0.15, 0.2) is 0 Å². The van der Waals surface area contributed by atoms with E-state index in [-0.39, 0.29) is 21.4 Å². The summed E-state index contributed by atoms with van der Waals surface area (Å²) in [4.78, 5) is 0. The topological polar surface area (TPSA) is 29.5 Å². The zero-order valence-corrected chi connectivity index (χ0v) is 9.19. The number of rotatable bonds is 3. The van der Waals surface area contributed by atoms with Gasteiger partial charge in [0.2, 0.25) is 0 Å². The molecule has 0 amide bonds. The minimum Gasteiger partial charge on any atom is -0.495 e. The van der Waals surface area contributed by atoms with Gasteiger partial charge < -0.3 is 9.84 Å². The van der Waals surface area contributed by atoms with Crippen LogP contribution in [0.1, 0.15) is 11.7 Å². The lowest BCUT2D eigenvalue weighted by Crippen LogP contribution is -2.09. The Bertz CT molecular complexity index is 358. The SMILES string of the molecule is COc1c(Cl)cc(Cl)cc1C(O)C(F)F. The van der Waals surface area contributed by atoms with Gasteiger partial charge in [-0.15, -0.1) is 0 Å². The van der Waals surface area contributed by atoms with Crippen LogP contribution in [0.4, 0.5) is 8.78 Å². The monoisotopic (exact) mass is 256 g/mol. The summed E-state index contributed by atoms with van der Waals surface area (Å²) in [5.41, 5.74) is -0.120. The van der Waals surface area contributed by atoms with Gasteiger partial charge in [0.25, 0.3) is 6.43 Å². The van der Waals surface area contributed by atoms with E-state index in [0.717, 1.165) is 0 Å². The minimum absolute atomic E-state index is 0.00821. The fourth-order valence-corrected chi connectivity index (χ4v) is 1.74. The van der Waals surface area contributed by atoms with E-state index in [2.05, 4.69) is 0 Å². The molecule has 0 saturated heterocycles. The molecule has 1 rings (SSSR count). The van der Waals surface area contributed by atoms with Crippen molar-refractivity contribution in [3.63, 3.8) is 0 Å². The van der Waals surface area contributed by atoms with Crippen LogP contribution in [0.25, 0.3) is 0 Å². The van der Waals surface area contributed by atoms with Crippen LogP contribution in [-0.2, 0) is 0 Å². The van der Waals surface area contributed by atoms with Crippen molar-refractivity contribution < 1.29 is 18.6 Å². The van der Waals surface area contributed by atoms with Gasteiger partial charge in [0, 0.05) is 10.6 Å². The van der Waals surface area contributed by atoms with Gasteiger partial charge in [0.05, 0.1) is 12.1 Å². The molecule has 2 nitrogen and oxygen atoms in total. The molecule has 1 aromatic carbocycles. The summed E-state index contributed by atoms with van der Waals surface area (Å²) in [7, 11) is 1.27. The average molecular weight is 257 g/mol. The van der Waals surface area contributed by atoms with E-state index >= 15 is 0 Å². The first-order valence-electron chi connectivity index (χ1n) is 3.96. The maximum atomic E-state index is 12.3. The maximum absolute atomic E-state index is 12.3. The predicted octanol–water partition coefficient (Wildman–Crippen LogP) is 3.30. The molecule has 0 radical (unpaired) electrons. The molecule has 0 heterocycles. The van der Waals surface area contributed by atoms with Gasteiger partial charge in [0.1, 0.15) is 11.9 Å². The summed E-state index contributed by atoms with van der Waals surface area (Å²) in [6, 6.07) is 2.55. The first kappa shape index (κ1) is 12.5. The molecule has 0 saturated carbocycles. The molecule has 1 unspecified atom stereocenters. The van der Waals surface area contributed by atoms with Crippen molar-refractivity contribution in [3.05, 3.63) is 27.7 Å². The number of halogens is 4. The Labute approximate surface area is 95.4 Å². The number of methoxy groups -OCH3 is 1. The van der Waals surface area contributed by atoms with Crippen LogP contribution in [0, 0.1) is 0 Å². The molecule has 0 fully saturated rings. The van der Waals surface area contributed by atoms with Crippen LogP contribution < -0.4 is 4.74 Å². The highest BCUT2D eigenvalue weighted by atomic mass is 35.5. The lowest BCUT2D eigenvalue weighted by Gasteiger charge is -2.15. The van der Waals surface area contributed by atoms with E-state index in [1.165, 1.54) is 19.2 Å². The Kier molecular flexibility index (Phi) is 4.13. The Morgan fingerprint density at radius 2 is 1.93 bits per heavy atom. The molecule has 0 spiro atoms. The highest BCUT2D eigenvalue weighted by Crippen LogP contribution is 2.37. The lowest BCUT2D eigenvalue weighted by atomic mass is 10.1. The molecule has 0 bridgehead atoms. The summed E-state index contributed by atoms with van der Waals surface area (Å²) in [6.07, 6.45) is -4.88. The third kappa shape index (κ3) is 2.71. The van der Waals surface area contributed by atoms with E-state index in [0.29, 0.717) is 0 Å². The van der Waals surface area contributed by atoms with Crippen molar-refractivity contribution in [2.24, 2.45) is 0 Å². The number of aliphatic hydroxyl groups is 1. The summed E-state index contributed by atoms with van der Waals surface area (Å²) < 4.78 is 29.4. The quantitative estimate of drug-likeness (QED) is 0.900. The molecule has 0 aliphatic heterocycles. The number of hydrogen-bond donors (Lipinski definition) is 1. The molecular weight excluding hydrogens is 249 g/mol. The second kappa shape index (κ2) is 4.96. The van der Waals surface area contributed by atoms with Gasteiger partial charge in [-0.1, -0.05) is 23.2 Å². The van der Waals surface area contributed by atoms with E-state index in [9.17, 15) is 13.9 Å². The summed E-state index contributed by atoms with van der Waals surface area (Å²) in [6.45, 7) is 0. The smallest absolute Gasteiger partial charge is 0.268 e. The number of hydrogen-bond acceptors (Lipinski definition) is 2. The largest absolute Gasteiger partial charge is 0.495 e. The predicted molar refractivity (Wildman–Crippen MR) is 54.0 cm³/mol. The van der Waals surface area contributed by atoms with Crippen molar-refractivity contribution >= 4 is 23.2 Å². The molecule has 0 aliphatic rings. The van der Waals surface area contributed by atoms with Crippen LogP contribution in [0.3, 0.4) is 0 Å². The van der Waals surface area contributed by atoms with E-state index in [1.54, 1.807) is 0 Å². The van der Waals surface area contributed by atoms with Gasteiger partial charge in [-0.3, -0.25) is 0 Å². The van der Waals surface area contributed by atoms with E-state index in [4.69, 9.17) is 27.9 Å². The van der Waals surface area contributed by atoms with Gasteiger partial charge >= 0.3 is 0 Å². The zero-order chi connectivity index (χ0) is 11.6. The van der Waals surface area contributed by atoms with Crippen LogP contribution in [-0.4, -0.2) is 18.6 Å². The fraction of sp³-hybridized carbons (Fsp3) is 0.333. The van der Waals surface area contributed by atoms with Gasteiger partial charge in [-0.2, -0.15) is 0 Å². The molecular formula is C9H8Cl2F2O2. The number of benzene rings is 1. The molecule has 0 aliphatic carbocycles. The summed E-state index contributed by atoms with van der Waals surface area (Å²) in [5.74, 6) is 0.00821. The van der Waals surface area contributed by atoms with Crippen LogP contribution in [0.15, 0.2) is 12.1 Å². The molecule has 1 atom stereocenters. The number of ether oxygens (including phenoxy) is 1. The Morgan fingerprint density at radius 1 is 1.33 bits per heavy atom. The van der Waals surface area contributed by atoms with Crippen LogP contribution in [0.5, 0.6) is 5.75 Å². The third-order valence-corrected chi connectivity index (χ3v) is 2.30. The van der Waals surface area contributed by atoms with Crippen molar-refractivity contribution in [2.75, 3.05) is 7.11 Å². The van der Waals surface area contributed by atoms with Crippen molar-refractivity contribution in [1.29, 1.82) is 0 Å². The highest BCUT2D eigenvalue weighted by Gasteiger charge is 2.24. The summed E-state index contributed by atoms with van der Waals surface area (Å²) >= 11 is 11.3. The van der Waals surface area contributed by atoms with E-state index < -0.39 is 12.5 Å². The zero-order valence-electron chi connectivity index (χ0n) is 7.68. The van der Waals surface area contributed by atoms with Crippen LogP contribution >= 0.6 is 23.2 Å². The van der Waals surface area contributed by atoms with E-state index in [1.807, 2.05) is 0 Å². The normalized spacial score (nSPS) is 13.0. The molecule has 1 N–H and O–H groups in total. The molecule has 1 aromatic rings. The Hall–Kier alpha value is -0.580. The second-order valence-electron chi connectivity index (χ2n) is 2.79. The molecule has 0 aromatic heterocycles. The average Bonchev–Trinajstić information content (AvgIpc) is 2.15.